The molecule has 1 amide bonds. The summed E-state index contributed by atoms with van der Waals surface area (Å²) >= 11 is 0. The van der Waals surface area contributed by atoms with Gasteiger partial charge in [-0.15, -0.1) is 13.2 Å². The molecule has 118 valence electrons. The van der Waals surface area contributed by atoms with Crippen molar-refractivity contribution in [2.45, 2.75) is 32.2 Å². The molecule has 21 heavy (non-hydrogen) atoms. The summed E-state index contributed by atoms with van der Waals surface area (Å²) in [4.78, 5) is 11.4. The monoisotopic (exact) mass is 308 g/mol. The van der Waals surface area contributed by atoms with Crippen molar-refractivity contribution < 1.29 is 27.1 Å². The van der Waals surface area contributed by atoms with E-state index < -0.39 is 29.8 Å². The third kappa shape index (κ3) is 5.58. The van der Waals surface area contributed by atoms with Crippen molar-refractivity contribution in [2.24, 2.45) is 5.73 Å². The molecule has 0 fully saturated rings. The van der Waals surface area contributed by atoms with Crippen LogP contribution in [-0.2, 0) is 4.79 Å². The van der Waals surface area contributed by atoms with Crippen LogP contribution in [0.2, 0.25) is 0 Å². The molecule has 0 unspecified atom stereocenters. The second-order valence-electron chi connectivity index (χ2n) is 4.76. The van der Waals surface area contributed by atoms with Crippen LogP contribution in [0.5, 0.6) is 5.75 Å². The second-order valence-corrected chi connectivity index (χ2v) is 4.76. The summed E-state index contributed by atoms with van der Waals surface area (Å²) in [6.07, 6.45) is -4.98. The Morgan fingerprint density at radius 1 is 1.38 bits per heavy atom. The first-order valence-corrected chi connectivity index (χ1v) is 6.18. The quantitative estimate of drug-likeness (QED) is 0.793. The first-order chi connectivity index (χ1) is 9.60. The smallest absolute Gasteiger partial charge is 0.403 e. The average molecular weight is 308 g/mol. The highest BCUT2D eigenvalue weighted by Crippen LogP contribution is 2.28. The van der Waals surface area contributed by atoms with Crippen LogP contribution in [0.1, 0.15) is 25.3 Å². The molecule has 0 saturated heterocycles. The van der Waals surface area contributed by atoms with Gasteiger partial charge in [0.15, 0.2) is 11.6 Å². The molecule has 8 heteroatoms. The maximum absolute atomic E-state index is 13.6. The van der Waals surface area contributed by atoms with Crippen LogP contribution < -0.4 is 15.8 Å². The topological polar surface area (TPSA) is 64.3 Å². The lowest BCUT2D eigenvalue weighted by atomic mass is 9.98. The molecule has 1 atom stereocenters. The first-order valence-electron chi connectivity index (χ1n) is 6.18. The molecule has 0 heterocycles. The Bertz CT molecular complexity index is 503. The van der Waals surface area contributed by atoms with Gasteiger partial charge in [0.1, 0.15) is 0 Å². The van der Waals surface area contributed by atoms with E-state index in [1.807, 2.05) is 13.8 Å². The highest BCUT2D eigenvalue weighted by atomic mass is 19.4. The molecule has 0 aliphatic carbocycles. The molecule has 0 aliphatic rings. The normalized spacial score (nSPS) is 13.3. The van der Waals surface area contributed by atoms with Crippen molar-refractivity contribution in [3.8, 4) is 5.75 Å². The SMILES string of the molecule is CC(C)NC[C@@H](C(N)=O)c1ccc(OC(F)(F)F)c(F)c1. The van der Waals surface area contributed by atoms with Gasteiger partial charge in [0, 0.05) is 12.6 Å². The summed E-state index contributed by atoms with van der Waals surface area (Å²) < 4.78 is 53.3. The molecular weight excluding hydrogens is 292 g/mol. The molecule has 0 saturated carbocycles. The lowest BCUT2D eigenvalue weighted by Gasteiger charge is -2.17. The van der Waals surface area contributed by atoms with Crippen molar-refractivity contribution in [1.29, 1.82) is 0 Å². The van der Waals surface area contributed by atoms with E-state index in [9.17, 15) is 22.4 Å². The summed E-state index contributed by atoms with van der Waals surface area (Å²) in [6.45, 7) is 3.85. The van der Waals surface area contributed by atoms with Gasteiger partial charge in [-0.2, -0.15) is 0 Å². The molecule has 0 bridgehead atoms. The van der Waals surface area contributed by atoms with Gasteiger partial charge in [0.2, 0.25) is 5.91 Å². The lowest BCUT2D eigenvalue weighted by Crippen LogP contribution is -2.34. The molecule has 1 rings (SSSR count). The Morgan fingerprint density at radius 3 is 2.43 bits per heavy atom. The number of nitrogens with one attached hydrogen (secondary N) is 1. The van der Waals surface area contributed by atoms with E-state index in [0.717, 1.165) is 12.1 Å². The fraction of sp³-hybridized carbons (Fsp3) is 0.462. The number of carbonyl (C=O) groups is 1. The minimum atomic E-state index is -4.98. The van der Waals surface area contributed by atoms with Crippen LogP contribution in [0.3, 0.4) is 0 Å². The zero-order valence-corrected chi connectivity index (χ0v) is 11.5. The molecule has 4 nitrogen and oxygen atoms in total. The van der Waals surface area contributed by atoms with Crippen LogP contribution in [0.4, 0.5) is 17.6 Å². The van der Waals surface area contributed by atoms with Gasteiger partial charge in [-0.1, -0.05) is 19.9 Å². The van der Waals surface area contributed by atoms with E-state index in [2.05, 4.69) is 10.1 Å². The van der Waals surface area contributed by atoms with E-state index in [1.165, 1.54) is 6.07 Å². The van der Waals surface area contributed by atoms with Gasteiger partial charge < -0.3 is 15.8 Å². The van der Waals surface area contributed by atoms with Crippen molar-refractivity contribution in [2.75, 3.05) is 6.54 Å². The maximum Gasteiger partial charge on any atom is 0.573 e. The molecule has 0 aliphatic heterocycles. The number of benzene rings is 1. The second kappa shape index (κ2) is 6.75. The molecule has 3 N–H and O–H groups in total. The van der Waals surface area contributed by atoms with Gasteiger partial charge in [-0.3, -0.25) is 4.79 Å². The molecular formula is C13H16F4N2O2. The maximum atomic E-state index is 13.6. The highest BCUT2D eigenvalue weighted by molar-refractivity contribution is 5.82. The number of carbonyl (C=O) groups excluding carboxylic acids is 1. The number of alkyl halides is 3. The Balaban J connectivity index is 2.96. The summed E-state index contributed by atoms with van der Waals surface area (Å²) in [5.41, 5.74) is 5.42. The zero-order chi connectivity index (χ0) is 16.2. The molecule has 1 aromatic rings. The van der Waals surface area contributed by atoms with Gasteiger partial charge >= 0.3 is 6.36 Å². The summed E-state index contributed by atoms with van der Waals surface area (Å²) in [7, 11) is 0. The molecule has 0 radical (unpaired) electrons. The van der Waals surface area contributed by atoms with Crippen LogP contribution in [0.25, 0.3) is 0 Å². The average Bonchev–Trinajstić information content (AvgIpc) is 2.30. The third-order valence-corrected chi connectivity index (χ3v) is 2.66. The Kier molecular flexibility index (Phi) is 5.54. The Morgan fingerprint density at radius 2 is 2.00 bits per heavy atom. The van der Waals surface area contributed by atoms with Gasteiger partial charge in [0.25, 0.3) is 0 Å². The number of hydrogen-bond donors (Lipinski definition) is 2. The van der Waals surface area contributed by atoms with E-state index in [4.69, 9.17) is 5.73 Å². The number of hydrogen-bond acceptors (Lipinski definition) is 3. The van der Waals surface area contributed by atoms with Gasteiger partial charge in [0.05, 0.1) is 5.92 Å². The summed E-state index contributed by atoms with van der Waals surface area (Å²) in [5, 5.41) is 2.96. The molecule has 1 aromatic carbocycles. The van der Waals surface area contributed by atoms with Crippen LogP contribution in [0, 0.1) is 5.82 Å². The predicted molar refractivity (Wildman–Crippen MR) is 68.2 cm³/mol. The highest BCUT2D eigenvalue weighted by Gasteiger charge is 2.32. The van der Waals surface area contributed by atoms with Crippen molar-refractivity contribution in [3.05, 3.63) is 29.6 Å². The van der Waals surface area contributed by atoms with E-state index in [-0.39, 0.29) is 18.2 Å². The molecule has 0 spiro atoms. The van der Waals surface area contributed by atoms with Crippen molar-refractivity contribution in [3.63, 3.8) is 0 Å². The summed E-state index contributed by atoms with van der Waals surface area (Å²) in [6, 6.07) is 2.90. The Hall–Kier alpha value is -1.83. The van der Waals surface area contributed by atoms with E-state index in [1.54, 1.807) is 0 Å². The number of halogens is 4. The molecule has 0 aromatic heterocycles. The first kappa shape index (κ1) is 17.2. The van der Waals surface area contributed by atoms with Gasteiger partial charge in [-0.25, -0.2) is 4.39 Å². The van der Waals surface area contributed by atoms with Gasteiger partial charge in [-0.05, 0) is 17.7 Å². The van der Waals surface area contributed by atoms with Crippen LogP contribution in [-0.4, -0.2) is 24.9 Å². The number of rotatable bonds is 6. The lowest BCUT2D eigenvalue weighted by molar-refractivity contribution is -0.275. The number of ether oxygens (including phenoxy) is 1. The fourth-order valence-corrected chi connectivity index (χ4v) is 1.68. The van der Waals surface area contributed by atoms with Crippen LogP contribution in [0.15, 0.2) is 18.2 Å². The van der Waals surface area contributed by atoms with Crippen molar-refractivity contribution >= 4 is 5.91 Å². The largest absolute Gasteiger partial charge is 0.573 e. The number of primary amides is 1. The van der Waals surface area contributed by atoms with E-state index >= 15 is 0 Å². The minimum absolute atomic E-state index is 0.0736. The van der Waals surface area contributed by atoms with E-state index in [0.29, 0.717) is 0 Å². The zero-order valence-electron chi connectivity index (χ0n) is 11.5. The summed E-state index contributed by atoms with van der Waals surface area (Å²) in [5.74, 6) is -3.71. The third-order valence-electron chi connectivity index (χ3n) is 2.66. The van der Waals surface area contributed by atoms with Crippen LogP contribution >= 0.6 is 0 Å². The Labute approximate surface area is 119 Å². The minimum Gasteiger partial charge on any atom is -0.403 e. The van der Waals surface area contributed by atoms with Crippen molar-refractivity contribution in [1.82, 2.24) is 5.32 Å². The predicted octanol–water partition coefficient (Wildman–Crippen LogP) is 2.29. The number of amides is 1. The number of nitrogens with two attached hydrogens (primary N) is 1. The fourth-order valence-electron chi connectivity index (χ4n) is 1.68. The standard InChI is InChI=1S/C13H16F4N2O2/c1-7(2)19-6-9(12(18)20)8-3-4-11(10(14)5-8)21-13(15,16)17/h3-5,7,9,19H,6H2,1-2H3,(H2,18,20)/t9-/m1/s1.